The molecule has 4 rings (SSSR count). The van der Waals surface area contributed by atoms with Gasteiger partial charge in [-0.2, -0.15) is 0 Å². The average Bonchev–Trinajstić information content (AvgIpc) is 3.30. The van der Waals surface area contributed by atoms with Crippen LogP contribution in [0.1, 0.15) is 24.3 Å². The highest BCUT2D eigenvalue weighted by Crippen LogP contribution is 2.28. The Morgan fingerprint density at radius 2 is 2.15 bits per heavy atom. The van der Waals surface area contributed by atoms with Gasteiger partial charge in [-0.25, -0.2) is 9.78 Å². The second-order valence-electron chi connectivity index (χ2n) is 6.55. The van der Waals surface area contributed by atoms with Crippen LogP contribution in [0.15, 0.2) is 21.9 Å². The molecule has 2 aliphatic rings. The molecule has 9 heteroatoms. The summed E-state index contributed by atoms with van der Waals surface area (Å²) in [5.41, 5.74) is -0.241. The third-order valence-corrected chi connectivity index (χ3v) is 5.79. The van der Waals surface area contributed by atoms with E-state index in [1.54, 1.807) is 11.8 Å². The van der Waals surface area contributed by atoms with Crippen molar-refractivity contribution in [1.82, 2.24) is 20.5 Å². The molecule has 2 fully saturated rings. The third kappa shape index (κ3) is 2.88. The molecule has 2 N–H and O–H groups in total. The van der Waals surface area contributed by atoms with Gasteiger partial charge in [0.05, 0.1) is 17.0 Å². The molecule has 136 valence electrons. The average molecular weight is 374 g/mol. The van der Waals surface area contributed by atoms with E-state index in [-0.39, 0.29) is 18.2 Å². The first-order chi connectivity index (χ1) is 12.5. The fourth-order valence-corrected chi connectivity index (χ4v) is 4.02. The molecule has 0 saturated carbocycles. The summed E-state index contributed by atoms with van der Waals surface area (Å²) in [6.07, 6.45) is 0.982. The number of aromatic nitrogens is 1. The van der Waals surface area contributed by atoms with Crippen molar-refractivity contribution >= 4 is 29.2 Å². The number of hydrogen-bond acceptors (Lipinski definition) is 6. The molecule has 2 aromatic rings. The summed E-state index contributed by atoms with van der Waals surface area (Å²) in [7, 11) is 0. The van der Waals surface area contributed by atoms with Crippen molar-refractivity contribution in [2.75, 3.05) is 13.1 Å². The van der Waals surface area contributed by atoms with Crippen LogP contribution < -0.4 is 10.6 Å². The molecule has 0 radical (unpaired) electrons. The minimum absolute atomic E-state index is 0.0567. The number of nitrogens with zero attached hydrogens (tertiary/aromatic N) is 2. The number of carbonyl (C=O) groups is 3. The molecular formula is C17H18N4O4S. The summed E-state index contributed by atoms with van der Waals surface area (Å²) in [5.74, 6) is 0.808. The zero-order valence-corrected chi connectivity index (χ0v) is 15.0. The number of likely N-dealkylation sites (tertiary alicyclic amines) is 1. The molecule has 0 aromatic carbocycles. The molecule has 2 aromatic heterocycles. The van der Waals surface area contributed by atoms with Crippen LogP contribution >= 0.6 is 11.3 Å². The lowest BCUT2D eigenvalue weighted by Crippen LogP contribution is -2.56. The Bertz CT molecular complexity index is 865. The number of thiophene rings is 1. The van der Waals surface area contributed by atoms with Gasteiger partial charge in [-0.1, -0.05) is 6.07 Å². The fraction of sp³-hybridized carbons (Fsp3) is 0.412. The second kappa shape index (κ2) is 6.24. The molecule has 4 heterocycles. The molecule has 0 bridgehead atoms. The van der Waals surface area contributed by atoms with Crippen LogP contribution in [0.2, 0.25) is 0 Å². The Morgan fingerprint density at radius 1 is 1.38 bits per heavy atom. The van der Waals surface area contributed by atoms with Gasteiger partial charge in [-0.15, -0.1) is 11.3 Å². The van der Waals surface area contributed by atoms with Crippen LogP contribution in [0.25, 0.3) is 10.8 Å². The van der Waals surface area contributed by atoms with Gasteiger partial charge < -0.3 is 14.6 Å². The summed E-state index contributed by atoms with van der Waals surface area (Å²) >= 11 is 1.53. The standard InChI is InChI=1S/C17H18N4O4S/c1-10-11(18-14(25-10)12-3-2-8-26-12)9-13(22)21-6-4-17(5-7-21)15(23)19-16(24)20-17/h2-3,8H,4-7,9H2,1H3,(H2,19,20,23,24). The minimum atomic E-state index is -0.871. The van der Waals surface area contributed by atoms with Crippen LogP contribution in [-0.4, -0.2) is 46.4 Å². The molecule has 0 aliphatic carbocycles. The van der Waals surface area contributed by atoms with E-state index in [1.165, 1.54) is 11.3 Å². The van der Waals surface area contributed by atoms with Gasteiger partial charge in [0.1, 0.15) is 11.3 Å². The van der Waals surface area contributed by atoms with Gasteiger partial charge in [0, 0.05) is 13.1 Å². The van der Waals surface area contributed by atoms with Crippen molar-refractivity contribution in [3.05, 3.63) is 29.0 Å². The highest BCUT2D eigenvalue weighted by atomic mass is 32.1. The number of amides is 4. The maximum absolute atomic E-state index is 12.6. The summed E-state index contributed by atoms with van der Waals surface area (Å²) < 4.78 is 5.68. The number of oxazole rings is 1. The van der Waals surface area contributed by atoms with Crippen molar-refractivity contribution in [1.29, 1.82) is 0 Å². The van der Waals surface area contributed by atoms with Crippen molar-refractivity contribution in [2.45, 2.75) is 31.7 Å². The van der Waals surface area contributed by atoms with Gasteiger partial charge in [0.2, 0.25) is 11.8 Å². The quantitative estimate of drug-likeness (QED) is 0.792. The van der Waals surface area contributed by atoms with Crippen LogP contribution in [0.3, 0.4) is 0 Å². The lowest BCUT2D eigenvalue weighted by Gasteiger charge is -2.36. The maximum Gasteiger partial charge on any atom is 0.322 e. The summed E-state index contributed by atoms with van der Waals surface area (Å²) in [4.78, 5) is 43.1. The third-order valence-electron chi connectivity index (χ3n) is 4.93. The summed E-state index contributed by atoms with van der Waals surface area (Å²) in [6, 6.07) is 3.38. The Balaban J connectivity index is 1.41. The van der Waals surface area contributed by atoms with E-state index >= 15 is 0 Å². The lowest BCUT2D eigenvalue weighted by molar-refractivity contribution is -0.135. The lowest BCUT2D eigenvalue weighted by atomic mass is 9.87. The smallest absolute Gasteiger partial charge is 0.322 e. The molecule has 4 amide bonds. The van der Waals surface area contributed by atoms with Gasteiger partial charge in [0.15, 0.2) is 0 Å². The topological polar surface area (TPSA) is 105 Å². The van der Waals surface area contributed by atoms with E-state index in [4.69, 9.17) is 4.42 Å². The van der Waals surface area contributed by atoms with Gasteiger partial charge in [-0.3, -0.25) is 14.9 Å². The van der Waals surface area contributed by atoms with Crippen LogP contribution in [0.4, 0.5) is 4.79 Å². The first-order valence-corrected chi connectivity index (χ1v) is 9.26. The first-order valence-electron chi connectivity index (χ1n) is 8.38. The van der Waals surface area contributed by atoms with Crippen LogP contribution in [-0.2, 0) is 16.0 Å². The summed E-state index contributed by atoms with van der Waals surface area (Å²) in [6.45, 7) is 2.64. The number of rotatable bonds is 3. The van der Waals surface area contributed by atoms with E-state index < -0.39 is 11.6 Å². The first kappa shape index (κ1) is 16.8. The minimum Gasteiger partial charge on any atom is -0.440 e. The molecule has 8 nitrogen and oxygen atoms in total. The Labute approximate surface area is 153 Å². The molecule has 0 atom stereocenters. The van der Waals surface area contributed by atoms with E-state index in [0.29, 0.717) is 43.3 Å². The molecule has 1 spiro atoms. The number of hydrogen-bond donors (Lipinski definition) is 2. The van der Waals surface area contributed by atoms with Gasteiger partial charge >= 0.3 is 6.03 Å². The van der Waals surface area contributed by atoms with E-state index in [0.717, 1.165) is 4.88 Å². The zero-order valence-electron chi connectivity index (χ0n) is 14.2. The highest BCUT2D eigenvalue weighted by molar-refractivity contribution is 7.13. The fourth-order valence-electron chi connectivity index (χ4n) is 3.37. The van der Waals surface area contributed by atoms with Gasteiger partial charge in [0.25, 0.3) is 5.91 Å². The number of carbonyl (C=O) groups excluding carboxylic acids is 3. The summed E-state index contributed by atoms with van der Waals surface area (Å²) in [5, 5.41) is 6.91. The SMILES string of the molecule is Cc1oc(-c2cccs2)nc1CC(=O)N1CCC2(CC1)NC(=O)NC2=O. The molecule has 26 heavy (non-hydrogen) atoms. The van der Waals surface area contributed by atoms with E-state index in [2.05, 4.69) is 15.6 Å². The van der Waals surface area contributed by atoms with E-state index in [9.17, 15) is 14.4 Å². The maximum atomic E-state index is 12.6. The van der Waals surface area contributed by atoms with Crippen LogP contribution in [0.5, 0.6) is 0 Å². The Morgan fingerprint density at radius 3 is 2.77 bits per heavy atom. The Kier molecular flexibility index (Phi) is 4.03. The molecular weight excluding hydrogens is 356 g/mol. The number of nitrogens with one attached hydrogen (secondary N) is 2. The predicted molar refractivity (Wildman–Crippen MR) is 93.5 cm³/mol. The highest BCUT2D eigenvalue weighted by Gasteiger charge is 2.48. The van der Waals surface area contributed by atoms with Crippen molar-refractivity contribution in [3.63, 3.8) is 0 Å². The zero-order chi connectivity index (χ0) is 18.3. The second-order valence-corrected chi connectivity index (χ2v) is 7.49. The largest absolute Gasteiger partial charge is 0.440 e. The number of urea groups is 1. The molecule has 2 saturated heterocycles. The monoisotopic (exact) mass is 374 g/mol. The van der Waals surface area contributed by atoms with Crippen molar-refractivity contribution in [3.8, 4) is 10.8 Å². The number of imide groups is 1. The van der Waals surface area contributed by atoms with Crippen molar-refractivity contribution in [2.24, 2.45) is 0 Å². The Hall–Kier alpha value is -2.68. The van der Waals surface area contributed by atoms with Crippen LogP contribution in [0, 0.1) is 6.92 Å². The van der Waals surface area contributed by atoms with Gasteiger partial charge in [-0.05, 0) is 31.2 Å². The number of aryl methyl sites for hydroxylation is 1. The molecule has 2 aliphatic heterocycles. The number of piperidine rings is 1. The van der Waals surface area contributed by atoms with Crippen molar-refractivity contribution < 1.29 is 18.8 Å². The normalized spacial score (nSPS) is 18.9. The predicted octanol–water partition coefficient (Wildman–Crippen LogP) is 1.45. The van der Waals surface area contributed by atoms with E-state index in [1.807, 2.05) is 17.5 Å². The molecule has 0 unspecified atom stereocenters.